The van der Waals surface area contributed by atoms with Gasteiger partial charge in [0.25, 0.3) is 0 Å². The van der Waals surface area contributed by atoms with Crippen LogP contribution in [-0.2, 0) is 9.59 Å². The molecule has 0 bridgehead atoms. The Morgan fingerprint density at radius 2 is 1.68 bits per heavy atom. The number of nitrogens with zero attached hydrogens (tertiary/aromatic N) is 1. The number of quaternary nitrogens is 1. The van der Waals surface area contributed by atoms with E-state index in [4.69, 9.17) is 0 Å². The standard InChI is InChI=1S/C18H33NO5.Na/c1-4-7-8-9-10-11-12-19(13-14-20,15(5-2)17(21)22)16(6-3)18(23)24;/h4,7,15-16,20H,5-6,8-14H2,1-3H3,(H-,21,22,23,24);/q;+1/b7-4+;. The van der Waals surface area contributed by atoms with Crippen molar-refractivity contribution in [1.82, 2.24) is 0 Å². The van der Waals surface area contributed by atoms with Gasteiger partial charge < -0.3 is 24.6 Å². The molecule has 0 aliphatic heterocycles. The van der Waals surface area contributed by atoms with Gasteiger partial charge in [0.05, 0.1) is 19.1 Å². The smallest absolute Gasteiger partial charge is 0.544 e. The van der Waals surface area contributed by atoms with Crippen molar-refractivity contribution in [2.24, 2.45) is 0 Å². The van der Waals surface area contributed by atoms with Crippen LogP contribution < -0.4 is 34.7 Å². The number of rotatable bonds is 14. The number of carbonyl (C=O) groups is 2. The normalized spacial score (nSPS) is 16.0. The summed E-state index contributed by atoms with van der Waals surface area (Å²) in [6.45, 7) is 5.74. The summed E-state index contributed by atoms with van der Waals surface area (Å²) < 4.78 is -0.134. The molecule has 0 saturated heterocycles. The number of allylic oxidation sites excluding steroid dienone is 2. The molecule has 3 atom stereocenters. The first-order valence-corrected chi connectivity index (χ1v) is 8.93. The van der Waals surface area contributed by atoms with Crippen LogP contribution in [0.1, 0.15) is 59.3 Å². The van der Waals surface area contributed by atoms with Crippen LogP contribution in [0.15, 0.2) is 12.2 Å². The summed E-state index contributed by atoms with van der Waals surface area (Å²) in [5, 5.41) is 30.8. The molecule has 0 saturated carbocycles. The molecule has 0 rings (SSSR count). The number of aliphatic hydroxyl groups excluding tert-OH is 1. The van der Waals surface area contributed by atoms with Crippen molar-refractivity contribution in [3.8, 4) is 0 Å². The number of unbranched alkanes of at least 4 members (excludes halogenated alkanes) is 3. The first kappa shape index (κ1) is 26.8. The molecule has 7 heteroatoms. The summed E-state index contributed by atoms with van der Waals surface area (Å²) in [6, 6.07) is -1.77. The molecule has 0 aliphatic rings. The molecule has 0 fully saturated rings. The maximum Gasteiger partial charge on any atom is 1.00 e. The predicted molar refractivity (Wildman–Crippen MR) is 91.2 cm³/mol. The molecule has 0 heterocycles. The maximum atomic E-state index is 11.7. The number of carboxylic acid groups (broad SMARTS) is 2. The van der Waals surface area contributed by atoms with Gasteiger partial charge in [-0.15, -0.1) is 0 Å². The summed E-state index contributed by atoms with van der Waals surface area (Å²) in [7, 11) is 0. The summed E-state index contributed by atoms with van der Waals surface area (Å²) in [5.41, 5.74) is 0. The van der Waals surface area contributed by atoms with E-state index in [0.29, 0.717) is 13.0 Å². The number of hydrogen-bond acceptors (Lipinski definition) is 4. The van der Waals surface area contributed by atoms with E-state index in [1.54, 1.807) is 13.8 Å². The van der Waals surface area contributed by atoms with E-state index in [9.17, 15) is 24.9 Å². The van der Waals surface area contributed by atoms with E-state index < -0.39 is 24.0 Å². The number of aliphatic carboxylic acids is 2. The summed E-state index contributed by atoms with van der Waals surface area (Å²) >= 11 is 0. The Morgan fingerprint density at radius 1 is 1.08 bits per heavy atom. The SMILES string of the molecule is C/C=C/CCCCC[N+](CCO)(C(CC)C(=O)[O-])C(CC)C(=O)O.[Na+]. The third-order valence-corrected chi connectivity index (χ3v) is 4.77. The fourth-order valence-electron chi connectivity index (χ4n) is 3.65. The van der Waals surface area contributed by atoms with Crippen LogP contribution in [0, 0.1) is 0 Å². The van der Waals surface area contributed by atoms with Crippen LogP contribution in [0.4, 0.5) is 0 Å². The van der Waals surface area contributed by atoms with Crippen LogP contribution >= 0.6 is 0 Å². The van der Waals surface area contributed by atoms with Gasteiger partial charge in [0.1, 0.15) is 12.6 Å². The molecule has 0 aliphatic carbocycles. The van der Waals surface area contributed by atoms with Crippen LogP contribution in [0.25, 0.3) is 0 Å². The molecule has 0 spiro atoms. The molecule has 6 nitrogen and oxygen atoms in total. The maximum absolute atomic E-state index is 11.7. The Morgan fingerprint density at radius 3 is 2.08 bits per heavy atom. The summed E-state index contributed by atoms with van der Waals surface area (Å²) in [4.78, 5) is 23.4. The average molecular weight is 366 g/mol. The fraction of sp³-hybridized carbons (Fsp3) is 0.778. The number of hydrogen-bond donors (Lipinski definition) is 2. The second-order valence-corrected chi connectivity index (χ2v) is 6.20. The van der Waals surface area contributed by atoms with E-state index in [-0.39, 0.29) is 53.6 Å². The number of carboxylic acids is 2. The van der Waals surface area contributed by atoms with Crippen LogP contribution in [0.2, 0.25) is 0 Å². The van der Waals surface area contributed by atoms with Crippen molar-refractivity contribution in [2.45, 2.75) is 71.4 Å². The van der Waals surface area contributed by atoms with Crippen LogP contribution in [0.3, 0.4) is 0 Å². The Kier molecular flexibility index (Phi) is 15.8. The third-order valence-electron chi connectivity index (χ3n) is 4.77. The van der Waals surface area contributed by atoms with Gasteiger partial charge in [-0.1, -0.05) is 26.0 Å². The fourth-order valence-corrected chi connectivity index (χ4v) is 3.65. The molecule has 0 radical (unpaired) electrons. The Bertz CT molecular complexity index is 392. The molecule has 0 aromatic carbocycles. The van der Waals surface area contributed by atoms with Crippen molar-refractivity contribution in [3.63, 3.8) is 0 Å². The Labute approximate surface area is 173 Å². The minimum absolute atomic E-state index is 0. The molecule has 0 aromatic heterocycles. The topological polar surface area (TPSA) is 97.7 Å². The molecular weight excluding hydrogens is 333 g/mol. The molecule has 2 N–H and O–H groups in total. The van der Waals surface area contributed by atoms with Crippen molar-refractivity contribution in [1.29, 1.82) is 0 Å². The number of aliphatic hydroxyl groups is 1. The minimum atomic E-state index is -1.24. The van der Waals surface area contributed by atoms with E-state index in [2.05, 4.69) is 6.08 Å². The van der Waals surface area contributed by atoms with E-state index in [1.807, 2.05) is 13.0 Å². The van der Waals surface area contributed by atoms with Gasteiger partial charge in [-0.3, -0.25) is 0 Å². The predicted octanol–water partition coefficient (Wildman–Crippen LogP) is -1.67. The van der Waals surface area contributed by atoms with E-state index in [0.717, 1.165) is 25.7 Å². The molecule has 140 valence electrons. The zero-order chi connectivity index (χ0) is 18.6. The van der Waals surface area contributed by atoms with Gasteiger partial charge in [-0.25, -0.2) is 4.79 Å². The van der Waals surface area contributed by atoms with Gasteiger partial charge >= 0.3 is 35.5 Å². The molecular formula is C18H33NNaO5+. The average Bonchev–Trinajstić information content (AvgIpc) is 2.51. The first-order valence-electron chi connectivity index (χ1n) is 8.93. The third kappa shape index (κ3) is 8.22. The van der Waals surface area contributed by atoms with Crippen molar-refractivity contribution in [3.05, 3.63) is 12.2 Å². The second kappa shape index (κ2) is 14.7. The second-order valence-electron chi connectivity index (χ2n) is 6.20. The van der Waals surface area contributed by atoms with Gasteiger partial charge in [0.2, 0.25) is 0 Å². The summed E-state index contributed by atoms with van der Waals surface area (Å²) in [5.74, 6) is -2.25. The van der Waals surface area contributed by atoms with Crippen LogP contribution in [0.5, 0.6) is 0 Å². The van der Waals surface area contributed by atoms with Crippen molar-refractivity contribution < 1.29 is 58.9 Å². The quantitative estimate of drug-likeness (QED) is 0.166. The van der Waals surface area contributed by atoms with Crippen molar-refractivity contribution in [2.75, 3.05) is 19.7 Å². The Hall–Kier alpha value is -0.400. The van der Waals surface area contributed by atoms with E-state index >= 15 is 0 Å². The number of carbonyl (C=O) groups excluding carboxylic acids is 1. The van der Waals surface area contributed by atoms with Crippen molar-refractivity contribution >= 4 is 11.9 Å². The van der Waals surface area contributed by atoms with Gasteiger partial charge in [-0.05, 0) is 32.6 Å². The van der Waals surface area contributed by atoms with Crippen LogP contribution in [-0.4, -0.2) is 58.4 Å². The molecule has 3 unspecified atom stereocenters. The largest absolute Gasteiger partial charge is 1.00 e. The minimum Gasteiger partial charge on any atom is -0.544 e. The molecule has 0 aromatic rings. The Balaban J connectivity index is 0. The zero-order valence-corrected chi connectivity index (χ0v) is 18.2. The van der Waals surface area contributed by atoms with Gasteiger partial charge in [0, 0.05) is 12.8 Å². The zero-order valence-electron chi connectivity index (χ0n) is 16.2. The molecule has 25 heavy (non-hydrogen) atoms. The molecule has 0 amide bonds. The van der Waals surface area contributed by atoms with Gasteiger partial charge in [0.15, 0.2) is 6.04 Å². The first-order chi connectivity index (χ1) is 11.4. The van der Waals surface area contributed by atoms with E-state index in [1.165, 1.54) is 0 Å². The summed E-state index contributed by atoms with van der Waals surface area (Å²) in [6.07, 6.45) is 8.24. The monoisotopic (exact) mass is 366 g/mol. The van der Waals surface area contributed by atoms with Gasteiger partial charge in [-0.2, -0.15) is 0 Å².